The third-order valence-corrected chi connectivity index (χ3v) is 2.80. The van der Waals surface area contributed by atoms with Gasteiger partial charge >= 0.3 is 0 Å². The van der Waals surface area contributed by atoms with E-state index in [0.29, 0.717) is 24.1 Å². The van der Waals surface area contributed by atoms with Crippen LogP contribution in [0.5, 0.6) is 0 Å². The minimum Gasteiger partial charge on any atom is -0.390 e. The molecule has 0 aromatic heterocycles. The van der Waals surface area contributed by atoms with Crippen molar-refractivity contribution in [3.63, 3.8) is 0 Å². The van der Waals surface area contributed by atoms with Gasteiger partial charge in [-0.25, -0.2) is 0 Å². The number of hydrogen-bond donors (Lipinski definition) is 4. The predicted octanol–water partition coefficient (Wildman–Crippen LogP) is 0.0500. The maximum atomic E-state index is 11.3. The first-order valence-corrected chi connectivity index (χ1v) is 5.93. The number of aliphatic hydroxyl groups is 2. The summed E-state index contributed by atoms with van der Waals surface area (Å²) in [7, 11) is 3.35. The van der Waals surface area contributed by atoms with Crippen LogP contribution in [-0.4, -0.2) is 42.9 Å². The summed E-state index contributed by atoms with van der Waals surface area (Å²) >= 11 is 0. The second-order valence-corrected chi connectivity index (χ2v) is 4.11. The zero-order chi connectivity index (χ0) is 13.5. The second-order valence-electron chi connectivity index (χ2n) is 4.11. The van der Waals surface area contributed by atoms with Gasteiger partial charge in [0.05, 0.1) is 6.10 Å². The third-order valence-electron chi connectivity index (χ3n) is 2.80. The number of aliphatic hydroxyl groups excluding tert-OH is 2. The highest BCUT2D eigenvalue weighted by atomic mass is 16.3. The monoisotopic (exact) mass is 252 g/mol. The van der Waals surface area contributed by atoms with Gasteiger partial charge < -0.3 is 20.8 Å². The Labute approximate surface area is 107 Å². The fourth-order valence-corrected chi connectivity index (χ4v) is 1.65. The molecule has 0 aliphatic rings. The lowest BCUT2D eigenvalue weighted by atomic mass is 10.0. The van der Waals surface area contributed by atoms with Crippen molar-refractivity contribution in [2.24, 2.45) is 0 Å². The van der Waals surface area contributed by atoms with Crippen molar-refractivity contribution < 1.29 is 15.0 Å². The average molecular weight is 252 g/mol. The molecule has 5 nitrogen and oxygen atoms in total. The number of carbonyl (C=O) groups is 1. The Morgan fingerprint density at radius 1 is 1.22 bits per heavy atom. The fourth-order valence-electron chi connectivity index (χ4n) is 1.65. The molecule has 0 saturated heterocycles. The van der Waals surface area contributed by atoms with E-state index < -0.39 is 12.2 Å². The number of amides is 1. The van der Waals surface area contributed by atoms with Crippen LogP contribution in [0.3, 0.4) is 0 Å². The Balaban J connectivity index is 2.69. The first-order valence-electron chi connectivity index (χ1n) is 5.93. The third kappa shape index (κ3) is 3.80. The Hall–Kier alpha value is -1.43. The van der Waals surface area contributed by atoms with E-state index in [4.69, 9.17) is 0 Å². The largest absolute Gasteiger partial charge is 0.390 e. The minimum atomic E-state index is -0.933. The molecule has 1 amide bonds. The predicted molar refractivity (Wildman–Crippen MR) is 69.3 cm³/mol. The highest BCUT2D eigenvalue weighted by Crippen LogP contribution is 2.19. The standard InChI is InChI=1S/C13H20N2O3/c1-14-8-7-11(16)12(17)9-3-5-10(6-4-9)13(18)15-2/h3-6,11-12,14,16-17H,7-8H2,1-2H3,(H,15,18). The Morgan fingerprint density at radius 3 is 2.33 bits per heavy atom. The lowest BCUT2D eigenvalue weighted by Crippen LogP contribution is -2.23. The first-order chi connectivity index (χ1) is 8.60. The van der Waals surface area contributed by atoms with Gasteiger partial charge in [-0.3, -0.25) is 4.79 Å². The molecule has 1 aromatic rings. The SMILES string of the molecule is CNCCC(O)C(O)c1ccc(C(=O)NC)cc1. The minimum absolute atomic E-state index is 0.174. The van der Waals surface area contributed by atoms with Crippen LogP contribution in [0.15, 0.2) is 24.3 Å². The fraction of sp³-hybridized carbons (Fsp3) is 0.462. The van der Waals surface area contributed by atoms with Crippen LogP contribution in [0.25, 0.3) is 0 Å². The first kappa shape index (κ1) is 14.6. The van der Waals surface area contributed by atoms with Crippen molar-refractivity contribution in [2.75, 3.05) is 20.6 Å². The molecule has 0 heterocycles. The molecule has 100 valence electrons. The molecule has 4 N–H and O–H groups in total. The summed E-state index contributed by atoms with van der Waals surface area (Å²) in [6.45, 7) is 0.633. The molecular formula is C13H20N2O3. The maximum Gasteiger partial charge on any atom is 0.251 e. The van der Waals surface area contributed by atoms with Crippen LogP contribution in [-0.2, 0) is 0 Å². The molecule has 0 saturated carbocycles. The molecule has 1 aromatic carbocycles. The zero-order valence-corrected chi connectivity index (χ0v) is 10.7. The Morgan fingerprint density at radius 2 is 1.83 bits per heavy atom. The normalized spacial score (nSPS) is 14.0. The highest BCUT2D eigenvalue weighted by molar-refractivity contribution is 5.93. The van der Waals surface area contributed by atoms with Crippen molar-refractivity contribution in [3.05, 3.63) is 35.4 Å². The van der Waals surface area contributed by atoms with E-state index in [-0.39, 0.29) is 5.91 Å². The summed E-state index contributed by atoms with van der Waals surface area (Å²) in [5.41, 5.74) is 1.13. The van der Waals surface area contributed by atoms with Crippen LogP contribution in [0.1, 0.15) is 28.4 Å². The van der Waals surface area contributed by atoms with Crippen LogP contribution in [0.4, 0.5) is 0 Å². The topological polar surface area (TPSA) is 81.6 Å². The van der Waals surface area contributed by atoms with Crippen molar-refractivity contribution >= 4 is 5.91 Å². The summed E-state index contributed by atoms with van der Waals surface area (Å²) in [6.07, 6.45) is -1.28. The van der Waals surface area contributed by atoms with Crippen LogP contribution in [0, 0.1) is 0 Å². The molecule has 2 atom stereocenters. The van der Waals surface area contributed by atoms with Crippen molar-refractivity contribution in [3.8, 4) is 0 Å². The number of rotatable bonds is 6. The van der Waals surface area contributed by atoms with Crippen LogP contribution < -0.4 is 10.6 Å². The quantitative estimate of drug-likeness (QED) is 0.576. The van der Waals surface area contributed by atoms with E-state index >= 15 is 0 Å². The molecule has 5 heteroatoms. The Bertz CT molecular complexity index is 378. The summed E-state index contributed by atoms with van der Waals surface area (Å²) in [6, 6.07) is 6.56. The number of carbonyl (C=O) groups excluding carboxylic acids is 1. The molecule has 0 aliphatic carbocycles. The summed E-state index contributed by atoms with van der Waals surface area (Å²) < 4.78 is 0. The lowest BCUT2D eigenvalue weighted by Gasteiger charge is -2.18. The number of hydrogen-bond acceptors (Lipinski definition) is 4. The lowest BCUT2D eigenvalue weighted by molar-refractivity contribution is 0.0140. The molecule has 2 unspecified atom stereocenters. The van der Waals surface area contributed by atoms with E-state index in [1.807, 2.05) is 0 Å². The molecule has 0 aliphatic heterocycles. The van der Waals surface area contributed by atoms with E-state index in [1.54, 1.807) is 38.4 Å². The molecular weight excluding hydrogens is 232 g/mol. The van der Waals surface area contributed by atoms with Gasteiger partial charge in [0, 0.05) is 12.6 Å². The van der Waals surface area contributed by atoms with Gasteiger partial charge in [-0.15, -0.1) is 0 Å². The highest BCUT2D eigenvalue weighted by Gasteiger charge is 2.17. The van der Waals surface area contributed by atoms with E-state index in [0.717, 1.165) is 0 Å². The van der Waals surface area contributed by atoms with Crippen molar-refractivity contribution in [1.82, 2.24) is 10.6 Å². The number of benzene rings is 1. The van der Waals surface area contributed by atoms with Crippen molar-refractivity contribution in [2.45, 2.75) is 18.6 Å². The maximum absolute atomic E-state index is 11.3. The summed E-state index contributed by atoms with van der Waals surface area (Å²) in [4.78, 5) is 11.3. The molecule has 0 fully saturated rings. The van der Waals surface area contributed by atoms with E-state index in [2.05, 4.69) is 10.6 Å². The summed E-state index contributed by atoms with van der Waals surface area (Å²) in [5, 5.41) is 25.1. The molecule has 0 bridgehead atoms. The number of nitrogens with one attached hydrogen (secondary N) is 2. The molecule has 18 heavy (non-hydrogen) atoms. The van der Waals surface area contributed by atoms with E-state index in [1.165, 1.54) is 0 Å². The second kappa shape index (κ2) is 7.10. The van der Waals surface area contributed by atoms with Gasteiger partial charge in [0.15, 0.2) is 0 Å². The van der Waals surface area contributed by atoms with Crippen LogP contribution >= 0.6 is 0 Å². The van der Waals surface area contributed by atoms with Gasteiger partial charge in [0.1, 0.15) is 6.10 Å². The van der Waals surface area contributed by atoms with Crippen molar-refractivity contribution in [1.29, 1.82) is 0 Å². The molecule has 1 rings (SSSR count). The summed E-state index contributed by atoms with van der Waals surface area (Å²) in [5.74, 6) is -0.174. The zero-order valence-electron chi connectivity index (χ0n) is 10.7. The average Bonchev–Trinajstić information content (AvgIpc) is 2.43. The van der Waals surface area contributed by atoms with Gasteiger partial charge in [-0.05, 0) is 37.7 Å². The van der Waals surface area contributed by atoms with Gasteiger partial charge in [-0.2, -0.15) is 0 Å². The molecule has 0 radical (unpaired) electrons. The van der Waals surface area contributed by atoms with Gasteiger partial charge in [0.2, 0.25) is 0 Å². The van der Waals surface area contributed by atoms with E-state index in [9.17, 15) is 15.0 Å². The van der Waals surface area contributed by atoms with Gasteiger partial charge in [-0.1, -0.05) is 12.1 Å². The molecule has 0 spiro atoms. The van der Waals surface area contributed by atoms with Crippen LogP contribution in [0.2, 0.25) is 0 Å². The Kier molecular flexibility index (Phi) is 5.77. The smallest absolute Gasteiger partial charge is 0.251 e. The van der Waals surface area contributed by atoms with Gasteiger partial charge in [0.25, 0.3) is 5.91 Å².